The lowest BCUT2D eigenvalue weighted by atomic mass is 10.1. The highest BCUT2D eigenvalue weighted by molar-refractivity contribution is 5.67. The van der Waals surface area contributed by atoms with Gasteiger partial charge in [-0.3, -0.25) is 0 Å². The molecule has 1 atom stereocenters. The number of amides is 1. The topological polar surface area (TPSA) is 59.2 Å². The van der Waals surface area contributed by atoms with Crippen LogP contribution in [0.1, 0.15) is 17.4 Å². The fourth-order valence-electron chi connectivity index (χ4n) is 3.93. The first kappa shape index (κ1) is 20.0. The van der Waals surface area contributed by atoms with Gasteiger partial charge in [-0.2, -0.15) is 0 Å². The molecule has 30 heavy (non-hydrogen) atoms. The number of quaternary nitrogens is 1. The molecule has 156 valence electrons. The van der Waals surface area contributed by atoms with Gasteiger partial charge in [-0.15, -0.1) is 0 Å². The number of hydrogen-bond donors (Lipinski definition) is 2. The number of nitrogens with zero attached hydrogens (tertiary/aromatic N) is 1. The Labute approximate surface area is 177 Å². The zero-order chi connectivity index (χ0) is 20.6. The average Bonchev–Trinajstić information content (AvgIpc) is 3.34. The number of piperazine rings is 1. The van der Waals surface area contributed by atoms with Crippen LogP contribution in [0.3, 0.4) is 0 Å². The van der Waals surface area contributed by atoms with Gasteiger partial charge in [0.1, 0.15) is 6.61 Å². The molecule has 2 heterocycles. The van der Waals surface area contributed by atoms with E-state index in [1.807, 2.05) is 48.5 Å². The largest absolute Gasteiger partial charge is 0.463 e. The maximum Gasteiger partial charge on any atom is 0.407 e. The third-order valence-corrected chi connectivity index (χ3v) is 5.57. The van der Waals surface area contributed by atoms with Gasteiger partial charge in [0.05, 0.1) is 39.0 Å². The van der Waals surface area contributed by atoms with Crippen LogP contribution in [0.15, 0.2) is 83.5 Å². The van der Waals surface area contributed by atoms with Gasteiger partial charge in [0, 0.05) is 5.69 Å². The Bertz CT molecular complexity index is 892. The number of ether oxygens (including phenoxy) is 1. The van der Waals surface area contributed by atoms with Gasteiger partial charge in [-0.05, 0) is 29.8 Å². The van der Waals surface area contributed by atoms with Gasteiger partial charge in [-0.1, -0.05) is 48.5 Å². The van der Waals surface area contributed by atoms with Crippen LogP contribution in [0.4, 0.5) is 10.5 Å². The first-order valence-corrected chi connectivity index (χ1v) is 10.4. The van der Waals surface area contributed by atoms with E-state index in [1.54, 1.807) is 6.26 Å². The third-order valence-electron chi connectivity index (χ3n) is 5.57. The molecule has 1 amide bonds. The van der Waals surface area contributed by atoms with E-state index < -0.39 is 6.09 Å². The number of nitrogens with one attached hydrogen (secondary N) is 2. The quantitative estimate of drug-likeness (QED) is 0.633. The molecule has 0 radical (unpaired) electrons. The SMILES string of the molecule is O=C(NC[C@@H](c1ccco1)[NH+]1CCN(c2ccccc2)CC1)OCc1ccccc1. The number of alkyl carbamates (subject to hydrolysis) is 1. The van der Waals surface area contributed by atoms with Crippen molar-refractivity contribution >= 4 is 11.8 Å². The molecule has 1 fully saturated rings. The summed E-state index contributed by atoms with van der Waals surface area (Å²) >= 11 is 0. The predicted octanol–water partition coefficient (Wildman–Crippen LogP) is 2.65. The molecule has 1 aromatic heterocycles. The zero-order valence-corrected chi connectivity index (χ0v) is 17.0. The summed E-state index contributed by atoms with van der Waals surface area (Å²) in [5.41, 5.74) is 2.23. The molecule has 1 aliphatic rings. The summed E-state index contributed by atoms with van der Waals surface area (Å²) in [4.78, 5) is 16.0. The van der Waals surface area contributed by atoms with Gasteiger partial charge < -0.3 is 24.3 Å². The fourth-order valence-corrected chi connectivity index (χ4v) is 3.93. The summed E-state index contributed by atoms with van der Waals surface area (Å²) in [7, 11) is 0. The second-order valence-electron chi connectivity index (χ2n) is 7.49. The molecular formula is C24H28N3O3+. The van der Waals surface area contributed by atoms with Crippen LogP contribution in [0.2, 0.25) is 0 Å². The summed E-state index contributed by atoms with van der Waals surface area (Å²) in [5.74, 6) is 0.890. The highest BCUT2D eigenvalue weighted by Crippen LogP contribution is 2.15. The summed E-state index contributed by atoms with van der Waals surface area (Å²) in [6, 6.07) is 24.1. The maximum atomic E-state index is 12.2. The third kappa shape index (κ3) is 5.21. The van der Waals surface area contributed by atoms with E-state index in [0.717, 1.165) is 37.5 Å². The number of carbonyl (C=O) groups is 1. The summed E-state index contributed by atoms with van der Waals surface area (Å²) in [6.45, 7) is 4.62. The maximum absolute atomic E-state index is 12.2. The predicted molar refractivity (Wildman–Crippen MR) is 115 cm³/mol. The molecule has 2 N–H and O–H groups in total. The minimum atomic E-state index is -0.405. The van der Waals surface area contributed by atoms with Gasteiger partial charge in [-0.25, -0.2) is 4.79 Å². The van der Waals surface area contributed by atoms with Gasteiger partial charge in [0.15, 0.2) is 11.8 Å². The fraction of sp³-hybridized carbons (Fsp3) is 0.292. The van der Waals surface area contributed by atoms with Gasteiger partial charge in [0.25, 0.3) is 0 Å². The molecule has 1 saturated heterocycles. The zero-order valence-electron chi connectivity index (χ0n) is 17.0. The Morgan fingerprint density at radius 2 is 1.70 bits per heavy atom. The van der Waals surface area contributed by atoms with Crippen LogP contribution in [0.5, 0.6) is 0 Å². The minimum Gasteiger partial charge on any atom is -0.463 e. The first-order chi connectivity index (χ1) is 14.8. The number of para-hydroxylation sites is 1. The number of hydrogen-bond acceptors (Lipinski definition) is 4. The first-order valence-electron chi connectivity index (χ1n) is 10.4. The average molecular weight is 407 g/mol. The number of anilines is 1. The number of rotatable bonds is 7. The molecule has 6 heteroatoms. The standard InChI is InChI=1S/C24H27N3O3/c28-24(30-19-20-8-3-1-4-9-20)25-18-22(23-12-7-17-29-23)27-15-13-26(14-16-27)21-10-5-2-6-11-21/h1-12,17,22H,13-16,18-19H2,(H,25,28)/p+1/t22-/m0/s1. The second-order valence-corrected chi connectivity index (χ2v) is 7.49. The molecule has 2 aromatic carbocycles. The molecule has 3 aromatic rings. The van der Waals surface area contributed by atoms with Crippen LogP contribution in [-0.4, -0.2) is 38.8 Å². The Morgan fingerprint density at radius 1 is 1.00 bits per heavy atom. The van der Waals surface area contributed by atoms with Crippen molar-refractivity contribution in [3.63, 3.8) is 0 Å². The lowest BCUT2D eigenvalue weighted by molar-refractivity contribution is -0.932. The second kappa shape index (κ2) is 9.98. The number of carbonyl (C=O) groups excluding carboxylic acids is 1. The van der Waals surface area contributed by atoms with Gasteiger partial charge in [0.2, 0.25) is 0 Å². The van der Waals surface area contributed by atoms with E-state index in [9.17, 15) is 4.79 Å². The van der Waals surface area contributed by atoms with Crippen LogP contribution in [-0.2, 0) is 11.3 Å². The summed E-state index contributed by atoms with van der Waals surface area (Å²) in [6.07, 6.45) is 1.29. The Balaban J connectivity index is 1.32. The highest BCUT2D eigenvalue weighted by Gasteiger charge is 2.31. The van der Waals surface area contributed by atoms with Crippen molar-refractivity contribution < 1.29 is 18.8 Å². The van der Waals surface area contributed by atoms with Crippen LogP contribution in [0.25, 0.3) is 0 Å². The molecule has 0 unspecified atom stereocenters. The molecule has 6 nitrogen and oxygen atoms in total. The monoisotopic (exact) mass is 406 g/mol. The summed E-state index contributed by atoms with van der Waals surface area (Å²) in [5, 5.41) is 2.93. The van der Waals surface area contributed by atoms with Crippen LogP contribution in [0, 0.1) is 0 Å². The van der Waals surface area contributed by atoms with Crippen LogP contribution >= 0.6 is 0 Å². The Morgan fingerprint density at radius 3 is 2.37 bits per heavy atom. The molecule has 0 spiro atoms. The molecule has 1 aliphatic heterocycles. The lowest BCUT2D eigenvalue weighted by Crippen LogP contribution is -3.15. The van der Waals surface area contributed by atoms with E-state index in [2.05, 4.69) is 34.5 Å². The number of furan rings is 1. The van der Waals surface area contributed by atoms with Crippen molar-refractivity contribution in [2.75, 3.05) is 37.6 Å². The van der Waals surface area contributed by atoms with Crippen molar-refractivity contribution in [2.24, 2.45) is 0 Å². The van der Waals surface area contributed by atoms with Crippen molar-refractivity contribution in [1.82, 2.24) is 5.32 Å². The van der Waals surface area contributed by atoms with Gasteiger partial charge >= 0.3 is 6.09 Å². The number of benzene rings is 2. The molecular weight excluding hydrogens is 378 g/mol. The molecule has 4 rings (SSSR count). The van der Waals surface area contributed by atoms with E-state index in [0.29, 0.717) is 6.54 Å². The Kier molecular flexibility index (Phi) is 6.67. The van der Waals surface area contributed by atoms with Crippen molar-refractivity contribution in [1.29, 1.82) is 0 Å². The van der Waals surface area contributed by atoms with E-state index in [4.69, 9.17) is 9.15 Å². The highest BCUT2D eigenvalue weighted by atomic mass is 16.5. The van der Waals surface area contributed by atoms with E-state index in [-0.39, 0.29) is 12.6 Å². The molecule has 0 bridgehead atoms. The molecule has 0 aliphatic carbocycles. The van der Waals surface area contributed by atoms with Crippen molar-refractivity contribution in [2.45, 2.75) is 12.6 Å². The van der Waals surface area contributed by atoms with Crippen LogP contribution < -0.4 is 15.1 Å². The normalized spacial score (nSPS) is 15.5. The van der Waals surface area contributed by atoms with E-state index in [1.165, 1.54) is 10.6 Å². The summed E-state index contributed by atoms with van der Waals surface area (Å²) < 4.78 is 11.1. The lowest BCUT2D eigenvalue weighted by Gasteiger charge is -2.37. The van der Waals surface area contributed by atoms with Crippen molar-refractivity contribution in [3.05, 3.63) is 90.4 Å². The Hall–Kier alpha value is -3.25. The smallest absolute Gasteiger partial charge is 0.407 e. The minimum absolute atomic E-state index is 0.0576. The van der Waals surface area contributed by atoms with E-state index >= 15 is 0 Å². The molecule has 0 saturated carbocycles. The van der Waals surface area contributed by atoms with Crippen molar-refractivity contribution in [3.8, 4) is 0 Å².